The maximum Gasteiger partial charge on any atom is 0.331 e. The summed E-state index contributed by atoms with van der Waals surface area (Å²) in [6, 6.07) is 10.8. The van der Waals surface area contributed by atoms with Crippen LogP contribution in [0, 0.1) is 11.6 Å². The first-order valence-corrected chi connectivity index (χ1v) is 8.67. The van der Waals surface area contributed by atoms with Crippen LogP contribution < -0.4 is 4.90 Å². The van der Waals surface area contributed by atoms with Crippen LogP contribution in [0.25, 0.3) is 0 Å². The van der Waals surface area contributed by atoms with E-state index in [0.29, 0.717) is 11.8 Å². The van der Waals surface area contributed by atoms with Crippen molar-refractivity contribution in [1.29, 1.82) is 0 Å². The number of benzene rings is 2. The number of halogens is 2. The Morgan fingerprint density at radius 3 is 2.50 bits per heavy atom. The molecule has 6 nitrogen and oxygen atoms in total. The third-order valence-corrected chi connectivity index (χ3v) is 4.60. The second kappa shape index (κ2) is 8.13. The number of rotatable bonds is 3. The molecule has 1 fully saturated rings. The molecule has 9 heteroatoms. The molecule has 0 saturated carbocycles. The summed E-state index contributed by atoms with van der Waals surface area (Å²) < 4.78 is 31.5. The highest BCUT2D eigenvalue weighted by Crippen LogP contribution is 2.35. The number of methoxy groups -OCH3 is 1. The molecule has 2 aromatic carbocycles. The third kappa shape index (κ3) is 3.99. The lowest BCUT2D eigenvalue weighted by Gasteiger charge is -2.15. The fourth-order valence-corrected chi connectivity index (χ4v) is 3.27. The molecule has 3 rings (SSSR count). The van der Waals surface area contributed by atoms with Crippen LogP contribution in [-0.2, 0) is 14.3 Å². The first-order chi connectivity index (χ1) is 13.4. The van der Waals surface area contributed by atoms with E-state index in [9.17, 15) is 23.2 Å². The van der Waals surface area contributed by atoms with E-state index in [0.717, 1.165) is 42.0 Å². The number of nitrogens with zero attached hydrogens (tertiary/aromatic N) is 2. The van der Waals surface area contributed by atoms with Gasteiger partial charge in [-0.3, -0.25) is 14.5 Å². The third-order valence-electron chi connectivity index (χ3n) is 3.63. The molecule has 0 aromatic heterocycles. The van der Waals surface area contributed by atoms with Gasteiger partial charge in [0.05, 0.1) is 23.3 Å². The van der Waals surface area contributed by atoms with Crippen LogP contribution in [-0.4, -0.2) is 30.1 Å². The smallest absolute Gasteiger partial charge is 0.331 e. The van der Waals surface area contributed by atoms with Gasteiger partial charge in [0.1, 0.15) is 11.6 Å². The van der Waals surface area contributed by atoms with Crippen LogP contribution >= 0.6 is 11.8 Å². The Morgan fingerprint density at radius 2 is 1.86 bits per heavy atom. The Morgan fingerprint density at radius 1 is 1.14 bits per heavy atom. The number of carbonyl (C=O) groups excluding carboxylic acids is 3. The molecule has 2 amide bonds. The second-order valence-electron chi connectivity index (χ2n) is 5.43. The topological polar surface area (TPSA) is 76.0 Å². The van der Waals surface area contributed by atoms with Crippen molar-refractivity contribution in [2.75, 3.05) is 12.0 Å². The number of thioether (sulfide) groups is 1. The van der Waals surface area contributed by atoms with Gasteiger partial charge >= 0.3 is 5.97 Å². The number of para-hydroxylation sites is 1. The number of amides is 2. The Kier molecular flexibility index (Phi) is 5.65. The summed E-state index contributed by atoms with van der Waals surface area (Å²) >= 11 is 0.767. The van der Waals surface area contributed by atoms with E-state index in [1.54, 1.807) is 30.3 Å². The number of carbonyl (C=O) groups is 3. The fourth-order valence-electron chi connectivity index (χ4n) is 2.33. The van der Waals surface area contributed by atoms with Crippen molar-refractivity contribution >= 4 is 40.4 Å². The first-order valence-electron chi connectivity index (χ1n) is 7.86. The van der Waals surface area contributed by atoms with Crippen molar-refractivity contribution in [3.8, 4) is 0 Å². The average Bonchev–Trinajstić information content (AvgIpc) is 2.97. The van der Waals surface area contributed by atoms with Gasteiger partial charge in [0, 0.05) is 12.1 Å². The number of amidine groups is 1. The quantitative estimate of drug-likeness (QED) is 0.582. The Balaban J connectivity index is 2.03. The predicted octanol–water partition coefficient (Wildman–Crippen LogP) is 3.30. The molecule has 0 N–H and O–H groups in total. The predicted molar refractivity (Wildman–Crippen MR) is 99.7 cm³/mol. The Bertz CT molecular complexity index is 1020. The summed E-state index contributed by atoms with van der Waals surface area (Å²) in [6.07, 6.45) is 0.981. The van der Waals surface area contributed by atoms with Crippen LogP contribution in [0.5, 0.6) is 0 Å². The molecule has 0 unspecified atom stereocenters. The maximum absolute atomic E-state index is 13.9. The maximum atomic E-state index is 13.9. The monoisotopic (exact) mass is 402 g/mol. The number of esters is 1. The first kappa shape index (κ1) is 19.4. The van der Waals surface area contributed by atoms with E-state index >= 15 is 0 Å². The standard InChI is InChI=1S/C19H12F2N2O4S/c1-27-16(24)10-15-18(26)23(12-5-3-2-4-6-12)19(28-15)22-17(25)13-8-7-11(20)9-14(13)21/h2-10H,1H3. The normalized spacial score (nSPS) is 16.7. The summed E-state index contributed by atoms with van der Waals surface area (Å²) in [4.78, 5) is 41.5. The van der Waals surface area contributed by atoms with Crippen molar-refractivity contribution in [1.82, 2.24) is 0 Å². The van der Waals surface area contributed by atoms with Crippen LogP contribution in [0.15, 0.2) is 64.5 Å². The number of ether oxygens (including phenoxy) is 1. The molecule has 0 spiro atoms. The van der Waals surface area contributed by atoms with E-state index in [1.807, 2.05) is 0 Å². The molecule has 0 radical (unpaired) electrons. The molecule has 1 heterocycles. The van der Waals surface area contributed by atoms with Crippen LogP contribution in [0.4, 0.5) is 14.5 Å². The Labute approximate surface area is 162 Å². The summed E-state index contributed by atoms with van der Waals surface area (Å²) in [6.45, 7) is 0. The lowest BCUT2D eigenvalue weighted by Crippen LogP contribution is -2.29. The largest absolute Gasteiger partial charge is 0.466 e. The van der Waals surface area contributed by atoms with Gasteiger partial charge in [0.2, 0.25) is 0 Å². The minimum Gasteiger partial charge on any atom is -0.466 e. The number of hydrogen-bond donors (Lipinski definition) is 0. The molecule has 0 atom stereocenters. The highest BCUT2D eigenvalue weighted by atomic mass is 32.2. The summed E-state index contributed by atoms with van der Waals surface area (Å²) in [5.74, 6) is -4.23. The van der Waals surface area contributed by atoms with E-state index in [1.165, 1.54) is 0 Å². The molecule has 0 aliphatic carbocycles. The van der Waals surface area contributed by atoms with Crippen LogP contribution in [0.1, 0.15) is 10.4 Å². The lowest BCUT2D eigenvalue weighted by molar-refractivity contribution is -0.135. The van der Waals surface area contributed by atoms with Gasteiger partial charge in [0.25, 0.3) is 11.8 Å². The molecular weight excluding hydrogens is 390 g/mol. The number of aliphatic imine (C=N–C) groups is 1. The second-order valence-corrected chi connectivity index (χ2v) is 6.44. The molecule has 142 valence electrons. The molecule has 1 aliphatic heterocycles. The van der Waals surface area contributed by atoms with Gasteiger partial charge in [0.15, 0.2) is 5.17 Å². The zero-order chi connectivity index (χ0) is 20.3. The molecule has 1 aliphatic rings. The van der Waals surface area contributed by atoms with Crippen molar-refractivity contribution in [2.45, 2.75) is 0 Å². The summed E-state index contributed by atoms with van der Waals surface area (Å²) in [7, 11) is 1.16. The molecular formula is C19H12F2N2O4S. The van der Waals surface area contributed by atoms with E-state index in [-0.39, 0.29) is 10.1 Å². The zero-order valence-corrected chi connectivity index (χ0v) is 15.2. The van der Waals surface area contributed by atoms with E-state index < -0.39 is 35.0 Å². The van der Waals surface area contributed by atoms with Gasteiger partial charge in [-0.15, -0.1) is 0 Å². The summed E-state index contributed by atoms with van der Waals surface area (Å²) in [5.41, 5.74) is -0.0419. The highest BCUT2D eigenvalue weighted by Gasteiger charge is 2.36. The minimum absolute atomic E-state index is 0.0122. The zero-order valence-electron chi connectivity index (χ0n) is 14.4. The van der Waals surface area contributed by atoms with Gasteiger partial charge in [-0.2, -0.15) is 4.99 Å². The van der Waals surface area contributed by atoms with Crippen LogP contribution in [0.3, 0.4) is 0 Å². The highest BCUT2D eigenvalue weighted by molar-refractivity contribution is 8.19. The molecule has 1 saturated heterocycles. The number of hydrogen-bond acceptors (Lipinski definition) is 5. The van der Waals surface area contributed by atoms with Gasteiger partial charge in [-0.25, -0.2) is 13.6 Å². The van der Waals surface area contributed by atoms with Crippen molar-refractivity contribution < 1.29 is 27.9 Å². The Hall–Kier alpha value is -3.33. The molecule has 0 bridgehead atoms. The SMILES string of the molecule is COC(=O)C=C1SC(=NC(=O)c2ccc(F)cc2F)N(c2ccccc2)C1=O. The summed E-state index contributed by atoms with van der Waals surface area (Å²) in [5, 5.41) is -0.0694. The van der Waals surface area contributed by atoms with Crippen molar-refractivity contribution in [2.24, 2.45) is 4.99 Å². The van der Waals surface area contributed by atoms with E-state index in [4.69, 9.17) is 0 Å². The van der Waals surface area contributed by atoms with Gasteiger partial charge in [-0.05, 0) is 36.0 Å². The van der Waals surface area contributed by atoms with Gasteiger partial charge < -0.3 is 4.74 Å². The van der Waals surface area contributed by atoms with Crippen molar-refractivity contribution in [3.05, 3.63) is 76.7 Å². The number of anilines is 1. The van der Waals surface area contributed by atoms with Gasteiger partial charge in [-0.1, -0.05) is 18.2 Å². The van der Waals surface area contributed by atoms with E-state index in [2.05, 4.69) is 9.73 Å². The molecule has 28 heavy (non-hydrogen) atoms. The molecule has 2 aromatic rings. The van der Waals surface area contributed by atoms with Crippen LogP contribution in [0.2, 0.25) is 0 Å². The fraction of sp³-hybridized carbons (Fsp3) is 0.0526. The van der Waals surface area contributed by atoms with Crippen molar-refractivity contribution in [3.63, 3.8) is 0 Å². The minimum atomic E-state index is -1.07. The lowest BCUT2D eigenvalue weighted by atomic mass is 10.2. The average molecular weight is 402 g/mol.